The third-order valence-corrected chi connectivity index (χ3v) is 14.5. The third-order valence-electron chi connectivity index (χ3n) is 14.5. The fourth-order valence-electron chi connectivity index (χ4n) is 9.58. The molecule has 8 bridgehead atoms. The molecule has 2 N–H and O–H groups in total. The lowest BCUT2D eigenvalue weighted by molar-refractivity contribution is 0.568. The van der Waals surface area contributed by atoms with E-state index in [4.69, 9.17) is 9.97 Å². The first-order valence-corrected chi connectivity index (χ1v) is 26.5. The lowest BCUT2D eigenvalue weighted by Gasteiger charge is -2.26. The highest BCUT2D eigenvalue weighted by atomic mass is 14.8. The van der Waals surface area contributed by atoms with Gasteiger partial charge in [-0.2, -0.15) is 0 Å². The number of nitrogens with one attached hydrogen (secondary N) is 2. The number of aromatic nitrogens is 4. The maximum absolute atomic E-state index is 5.78. The third kappa shape index (κ3) is 10.9. The molecule has 6 aromatic rings. The van der Waals surface area contributed by atoms with Crippen molar-refractivity contribution in [3.05, 3.63) is 141 Å². The van der Waals surface area contributed by atoms with Gasteiger partial charge in [-0.05, 0) is 138 Å². The molecule has 3 aromatic heterocycles. The molecule has 0 radical (unpaired) electrons. The van der Waals surface area contributed by atoms with Crippen LogP contribution in [-0.4, -0.2) is 19.9 Å². The smallest absolute Gasteiger partial charge is 0.0815 e. The summed E-state index contributed by atoms with van der Waals surface area (Å²) in [4.78, 5) is 19.4. The van der Waals surface area contributed by atoms with Crippen molar-refractivity contribution in [3.63, 3.8) is 0 Å². The molecule has 0 aliphatic carbocycles. The Morgan fingerprint density at radius 2 is 0.653 bits per heavy atom. The highest BCUT2D eigenvalue weighted by Crippen LogP contribution is 2.43. The number of unbranched alkanes of at least 4 members (excludes halogenated alkanes) is 2. The van der Waals surface area contributed by atoms with Crippen LogP contribution in [0.2, 0.25) is 0 Å². The fourth-order valence-corrected chi connectivity index (χ4v) is 9.58. The molecular weight excluding hydrogens is 873 g/mol. The predicted octanol–water partition coefficient (Wildman–Crippen LogP) is 19.0. The zero-order valence-corrected chi connectivity index (χ0v) is 47.3. The molecule has 0 amide bonds. The second-order valence-electron chi connectivity index (χ2n) is 26.8. The van der Waals surface area contributed by atoms with Crippen LogP contribution in [0.4, 0.5) is 0 Å². The Bertz CT molecular complexity index is 3210. The molecule has 2 aliphatic rings. The van der Waals surface area contributed by atoms with E-state index in [1.54, 1.807) is 0 Å². The summed E-state index contributed by atoms with van der Waals surface area (Å²) in [5, 5.41) is 0. The molecule has 3 aromatic carbocycles. The summed E-state index contributed by atoms with van der Waals surface area (Å²) in [5.41, 5.74) is 22.2. The van der Waals surface area contributed by atoms with Gasteiger partial charge in [0.2, 0.25) is 0 Å². The van der Waals surface area contributed by atoms with E-state index in [9.17, 15) is 0 Å². The standard InChI is InChI=1S/C68H82N4/c1-20-21-22-23-24-51-52-25-27-54(69-52)60(42-33-45(63(2,3)4)39-46(34-42)64(5,6)7)56-29-31-58(71-56)62(44-37-49(67(14,15)16)41-50(38-44)68(17,18)19)59-32-30-57(72-59)61(55-28-26-53(51)70-55)43-35-47(65(8,9)10)40-48(36-43)66(11,12)13/h25-41,69,72H,20-22H2,1-19H3. The van der Waals surface area contributed by atoms with Crippen LogP contribution < -0.4 is 0 Å². The zero-order chi connectivity index (χ0) is 52.5. The van der Waals surface area contributed by atoms with E-state index < -0.39 is 0 Å². The molecule has 5 heterocycles. The van der Waals surface area contributed by atoms with Gasteiger partial charge in [0.25, 0.3) is 0 Å². The average Bonchev–Trinajstić information content (AvgIpc) is 4.12. The molecule has 4 heteroatoms. The molecule has 0 saturated carbocycles. The summed E-state index contributed by atoms with van der Waals surface area (Å²) in [6.45, 7) is 43.8. The quantitative estimate of drug-likeness (QED) is 0.133. The van der Waals surface area contributed by atoms with Gasteiger partial charge in [0.15, 0.2) is 0 Å². The number of hydrogen-bond donors (Lipinski definition) is 2. The molecule has 0 atom stereocenters. The second kappa shape index (κ2) is 18.7. The number of hydrogen-bond acceptors (Lipinski definition) is 2. The summed E-state index contributed by atoms with van der Waals surface area (Å²) in [6, 6.07) is 30.5. The van der Waals surface area contributed by atoms with Crippen LogP contribution in [0.25, 0.3) is 79.8 Å². The first kappa shape index (κ1) is 52.2. The van der Waals surface area contributed by atoms with Gasteiger partial charge in [-0.15, -0.1) is 0 Å². The lowest BCUT2D eigenvalue weighted by Crippen LogP contribution is -2.16. The Kier molecular flexibility index (Phi) is 13.5. The molecule has 0 fully saturated rings. The Balaban J connectivity index is 1.62. The summed E-state index contributed by atoms with van der Waals surface area (Å²) in [6.07, 6.45) is 11.8. The summed E-state index contributed by atoms with van der Waals surface area (Å²) in [5.74, 6) is 7.21. The maximum atomic E-state index is 5.78. The Morgan fingerprint density at radius 3 is 0.958 bits per heavy atom. The number of rotatable bonds is 5. The summed E-state index contributed by atoms with van der Waals surface area (Å²) < 4.78 is 0. The SMILES string of the molecule is CCCCC#Cc1c2nc(c(-c3cc(C(C)(C)C)cc(C(C)(C)C)c3)c3ccc([nH]3)c(-c3cc(C(C)(C)C)cc(C(C)(C)C)c3)c3nc(c(-c4cc(C(C)(C)C)cc(C(C)(C)C)c4)c4ccc1[nH]4)C=C3)C=C2. The second-order valence-corrected chi connectivity index (χ2v) is 26.8. The van der Waals surface area contributed by atoms with Gasteiger partial charge in [0.1, 0.15) is 0 Å². The zero-order valence-electron chi connectivity index (χ0n) is 47.3. The van der Waals surface area contributed by atoms with E-state index in [0.717, 1.165) is 103 Å². The molecule has 72 heavy (non-hydrogen) atoms. The van der Waals surface area contributed by atoms with Gasteiger partial charge in [-0.25, -0.2) is 9.97 Å². The van der Waals surface area contributed by atoms with Crippen LogP contribution in [0, 0.1) is 11.8 Å². The minimum absolute atomic E-state index is 0.0794. The molecule has 374 valence electrons. The largest absolute Gasteiger partial charge is 0.354 e. The molecular formula is C68H82N4. The topological polar surface area (TPSA) is 57.4 Å². The van der Waals surface area contributed by atoms with Gasteiger partial charge in [-0.3, -0.25) is 0 Å². The van der Waals surface area contributed by atoms with Crippen LogP contribution in [0.1, 0.15) is 213 Å². The first-order valence-electron chi connectivity index (χ1n) is 26.5. The van der Waals surface area contributed by atoms with E-state index >= 15 is 0 Å². The van der Waals surface area contributed by atoms with Crippen LogP contribution in [0.3, 0.4) is 0 Å². The van der Waals surface area contributed by atoms with Crippen LogP contribution in [0.15, 0.2) is 78.9 Å². The van der Waals surface area contributed by atoms with E-state index in [-0.39, 0.29) is 32.5 Å². The van der Waals surface area contributed by atoms with Crippen molar-refractivity contribution in [2.45, 2.75) is 183 Å². The lowest BCUT2D eigenvalue weighted by atomic mass is 9.78. The summed E-state index contributed by atoms with van der Waals surface area (Å²) >= 11 is 0. The van der Waals surface area contributed by atoms with Crippen molar-refractivity contribution in [1.82, 2.24) is 19.9 Å². The Hall–Kier alpha value is -6.18. The van der Waals surface area contributed by atoms with Gasteiger partial charge in [0.05, 0.1) is 33.9 Å². The van der Waals surface area contributed by atoms with E-state index in [0.29, 0.717) is 0 Å². The van der Waals surface area contributed by atoms with Crippen LogP contribution >= 0.6 is 0 Å². The molecule has 0 unspecified atom stereocenters. The predicted molar refractivity (Wildman–Crippen MR) is 314 cm³/mol. The van der Waals surface area contributed by atoms with Crippen LogP contribution in [0.5, 0.6) is 0 Å². The minimum Gasteiger partial charge on any atom is -0.354 e. The molecule has 2 aliphatic heterocycles. The molecule has 0 spiro atoms. The number of aromatic amines is 2. The number of nitrogens with zero attached hydrogens (tertiary/aromatic N) is 2. The number of H-pyrrole nitrogens is 2. The van der Waals surface area contributed by atoms with E-state index in [2.05, 4.69) is 257 Å². The molecule has 8 rings (SSSR count). The van der Waals surface area contributed by atoms with Crippen LogP contribution in [-0.2, 0) is 32.5 Å². The summed E-state index contributed by atoms with van der Waals surface area (Å²) in [7, 11) is 0. The first-order chi connectivity index (χ1) is 33.4. The van der Waals surface area contributed by atoms with Crippen molar-refractivity contribution < 1.29 is 0 Å². The monoisotopic (exact) mass is 955 g/mol. The van der Waals surface area contributed by atoms with Crippen molar-refractivity contribution in [2.24, 2.45) is 0 Å². The number of fused-ring (bicyclic) bond motifs is 8. The van der Waals surface area contributed by atoms with Crippen molar-refractivity contribution in [2.75, 3.05) is 0 Å². The molecule has 0 saturated heterocycles. The van der Waals surface area contributed by atoms with E-state index in [1.807, 2.05) is 0 Å². The minimum atomic E-state index is -0.0866. The van der Waals surface area contributed by atoms with Gasteiger partial charge < -0.3 is 9.97 Å². The fraction of sp³-hybridized carbons (Fsp3) is 0.412. The van der Waals surface area contributed by atoms with Crippen molar-refractivity contribution in [1.29, 1.82) is 0 Å². The van der Waals surface area contributed by atoms with Crippen molar-refractivity contribution >= 4 is 46.4 Å². The van der Waals surface area contributed by atoms with Gasteiger partial charge >= 0.3 is 0 Å². The highest BCUT2D eigenvalue weighted by molar-refractivity contribution is 5.98. The Labute approximate surface area is 433 Å². The van der Waals surface area contributed by atoms with Gasteiger partial charge in [-0.1, -0.05) is 204 Å². The molecule has 4 nitrogen and oxygen atoms in total. The normalized spacial score (nSPS) is 13.4. The van der Waals surface area contributed by atoms with Crippen molar-refractivity contribution in [3.8, 4) is 45.2 Å². The van der Waals surface area contributed by atoms with Gasteiger partial charge in [0, 0.05) is 39.7 Å². The van der Waals surface area contributed by atoms with E-state index in [1.165, 1.54) is 33.4 Å². The highest BCUT2D eigenvalue weighted by Gasteiger charge is 2.27. The number of benzene rings is 3. The average molecular weight is 955 g/mol. The Morgan fingerprint density at radius 1 is 0.375 bits per heavy atom. The maximum Gasteiger partial charge on any atom is 0.0815 e.